The molecule has 1 saturated carbocycles. The molecule has 2 amide bonds. The third-order valence-corrected chi connectivity index (χ3v) is 9.09. The van der Waals surface area contributed by atoms with Crippen LogP contribution in [-0.2, 0) is 37.5 Å². The molecule has 0 heterocycles. The van der Waals surface area contributed by atoms with Gasteiger partial charge in [0, 0.05) is 18.2 Å². The second kappa shape index (κ2) is 14.7. The molecule has 3 rings (SSSR count). The van der Waals surface area contributed by atoms with Gasteiger partial charge in [0.05, 0.1) is 36.3 Å². The molecule has 2 unspecified atom stereocenters. The number of carbonyl (C=O) groups excluding carboxylic acids is 2. The summed E-state index contributed by atoms with van der Waals surface area (Å²) in [6, 6.07) is 4.49. The number of halogens is 5. The summed E-state index contributed by atoms with van der Waals surface area (Å²) < 4.78 is 97.5. The maximum atomic E-state index is 13.9. The van der Waals surface area contributed by atoms with Gasteiger partial charge in [-0.1, -0.05) is 25.5 Å². The Morgan fingerprint density at radius 1 is 1.07 bits per heavy atom. The third kappa shape index (κ3) is 10.1. The van der Waals surface area contributed by atoms with Gasteiger partial charge >= 0.3 is 12.3 Å². The quantitative estimate of drug-likeness (QED) is 0.217. The molecule has 4 N–H and O–H groups in total. The number of hydrogen-bond donors (Lipinski definition) is 4. The van der Waals surface area contributed by atoms with Gasteiger partial charge in [-0.2, -0.15) is 13.2 Å². The maximum absolute atomic E-state index is 13.9. The minimum atomic E-state index is -4.56. The lowest BCUT2D eigenvalue weighted by Gasteiger charge is -2.29. The molecule has 0 saturated heterocycles. The maximum Gasteiger partial charge on any atom is 0.416 e. The SMILES string of the molecule is CCCCS(=O)(=O)C[C@@H](NC(=O)OC)C(=O)NC(Cc1cc(F)cc(F)c1)C(O)CNC1(c2cccc(C(F)(F)F)c2)CC1. The van der Waals surface area contributed by atoms with Crippen LogP contribution in [-0.4, -0.2) is 68.9 Å². The molecule has 2 aromatic rings. The van der Waals surface area contributed by atoms with Gasteiger partial charge in [-0.15, -0.1) is 0 Å². The van der Waals surface area contributed by atoms with Crippen molar-refractivity contribution in [2.45, 2.75) is 68.9 Å². The number of ether oxygens (including phenoxy) is 1. The second-order valence-corrected chi connectivity index (χ2v) is 13.1. The van der Waals surface area contributed by atoms with E-state index in [1.165, 1.54) is 12.1 Å². The number of alkyl halides is 3. The van der Waals surface area contributed by atoms with E-state index in [-0.39, 0.29) is 24.3 Å². The van der Waals surface area contributed by atoms with Gasteiger partial charge in [0.1, 0.15) is 17.7 Å². The van der Waals surface area contributed by atoms with Crippen molar-refractivity contribution < 1.29 is 49.8 Å². The zero-order valence-corrected chi connectivity index (χ0v) is 25.0. The molecule has 0 radical (unpaired) electrons. The summed E-state index contributed by atoms with van der Waals surface area (Å²) in [6.07, 6.45) is -5.60. The van der Waals surface area contributed by atoms with Crippen molar-refractivity contribution in [3.05, 3.63) is 70.8 Å². The summed E-state index contributed by atoms with van der Waals surface area (Å²) in [5.41, 5.74) is -1.30. The minimum Gasteiger partial charge on any atom is -0.453 e. The van der Waals surface area contributed by atoms with Crippen LogP contribution < -0.4 is 16.0 Å². The summed E-state index contributed by atoms with van der Waals surface area (Å²) in [7, 11) is -2.80. The van der Waals surface area contributed by atoms with Gasteiger partial charge in [0.25, 0.3) is 0 Å². The van der Waals surface area contributed by atoms with Gasteiger partial charge in [0.15, 0.2) is 9.84 Å². The molecule has 0 aliphatic heterocycles. The van der Waals surface area contributed by atoms with Gasteiger partial charge < -0.3 is 25.8 Å². The highest BCUT2D eigenvalue weighted by Crippen LogP contribution is 2.46. The van der Waals surface area contributed by atoms with Crippen LogP contribution in [0.15, 0.2) is 42.5 Å². The van der Waals surface area contributed by atoms with Crippen molar-refractivity contribution in [3.63, 3.8) is 0 Å². The van der Waals surface area contributed by atoms with E-state index in [9.17, 15) is 45.1 Å². The molecule has 0 spiro atoms. The fraction of sp³-hybridized carbons (Fsp3) is 0.517. The summed E-state index contributed by atoms with van der Waals surface area (Å²) in [6.45, 7) is 1.52. The Morgan fingerprint density at radius 2 is 1.73 bits per heavy atom. The van der Waals surface area contributed by atoms with Crippen LogP contribution >= 0.6 is 0 Å². The van der Waals surface area contributed by atoms with Crippen LogP contribution in [0.1, 0.15) is 49.3 Å². The average Bonchev–Trinajstić information content (AvgIpc) is 3.74. The van der Waals surface area contributed by atoms with Gasteiger partial charge in [0.2, 0.25) is 5.91 Å². The van der Waals surface area contributed by atoms with Crippen LogP contribution in [0.3, 0.4) is 0 Å². The number of carbonyl (C=O) groups is 2. The van der Waals surface area contributed by atoms with E-state index in [0.29, 0.717) is 37.3 Å². The number of amides is 2. The molecule has 15 heteroatoms. The number of alkyl carbamates (subject to hydrolysis) is 1. The third-order valence-electron chi connectivity index (χ3n) is 7.34. The fourth-order valence-corrected chi connectivity index (χ4v) is 6.40. The molecular formula is C29H36F5N3O6S. The smallest absolute Gasteiger partial charge is 0.416 e. The van der Waals surface area contributed by atoms with E-state index in [1.807, 2.05) is 0 Å². The largest absolute Gasteiger partial charge is 0.453 e. The molecule has 1 aliphatic rings. The molecule has 44 heavy (non-hydrogen) atoms. The number of aliphatic hydroxyl groups excluding tert-OH is 1. The Labute approximate surface area is 252 Å². The highest BCUT2D eigenvalue weighted by Gasteiger charge is 2.45. The van der Waals surface area contributed by atoms with Gasteiger partial charge in [-0.3, -0.25) is 4.79 Å². The first-order valence-corrected chi connectivity index (χ1v) is 15.8. The summed E-state index contributed by atoms with van der Waals surface area (Å²) in [5.74, 6) is -3.84. The average molecular weight is 650 g/mol. The van der Waals surface area contributed by atoms with Crippen molar-refractivity contribution in [2.24, 2.45) is 0 Å². The van der Waals surface area contributed by atoms with Crippen molar-refractivity contribution >= 4 is 21.8 Å². The monoisotopic (exact) mass is 649 g/mol. The zero-order valence-electron chi connectivity index (χ0n) is 24.2. The van der Waals surface area contributed by atoms with Gasteiger partial charge in [-0.25, -0.2) is 22.0 Å². The number of sulfone groups is 1. The Hall–Kier alpha value is -3.30. The van der Waals surface area contributed by atoms with Crippen molar-refractivity contribution in [1.82, 2.24) is 16.0 Å². The first-order chi connectivity index (χ1) is 20.6. The Balaban J connectivity index is 1.83. The molecule has 1 fully saturated rings. The topological polar surface area (TPSA) is 134 Å². The van der Waals surface area contributed by atoms with Crippen molar-refractivity contribution in [2.75, 3.05) is 25.2 Å². The van der Waals surface area contributed by atoms with E-state index in [4.69, 9.17) is 0 Å². The Morgan fingerprint density at radius 3 is 2.30 bits per heavy atom. The molecular weight excluding hydrogens is 613 g/mol. The molecule has 9 nitrogen and oxygen atoms in total. The van der Waals surface area contributed by atoms with Crippen LogP contribution in [0, 0.1) is 11.6 Å². The van der Waals surface area contributed by atoms with E-state index < -0.39 is 74.7 Å². The van der Waals surface area contributed by atoms with Crippen molar-refractivity contribution in [1.29, 1.82) is 0 Å². The van der Waals surface area contributed by atoms with E-state index in [2.05, 4.69) is 20.7 Å². The molecule has 0 bridgehead atoms. The van der Waals surface area contributed by atoms with Crippen LogP contribution in [0.25, 0.3) is 0 Å². The summed E-state index contributed by atoms with van der Waals surface area (Å²) in [5, 5.41) is 18.9. The second-order valence-electron chi connectivity index (χ2n) is 10.9. The fourth-order valence-electron chi connectivity index (χ4n) is 4.76. The normalized spacial score (nSPS) is 16.5. The number of nitrogens with one attached hydrogen (secondary N) is 3. The first-order valence-electron chi connectivity index (χ1n) is 14.0. The zero-order chi connectivity index (χ0) is 32.7. The first kappa shape index (κ1) is 35.2. The molecule has 1 aliphatic carbocycles. The Kier molecular flexibility index (Phi) is 11.7. The highest BCUT2D eigenvalue weighted by molar-refractivity contribution is 7.91. The van der Waals surface area contributed by atoms with Crippen LogP contribution in [0.4, 0.5) is 26.7 Å². The molecule has 0 aromatic heterocycles. The number of aliphatic hydroxyl groups is 1. The number of unbranched alkanes of at least 4 members (excludes halogenated alkanes) is 1. The van der Waals surface area contributed by atoms with E-state index >= 15 is 0 Å². The van der Waals surface area contributed by atoms with E-state index in [1.54, 1.807) is 6.92 Å². The Bertz CT molecular complexity index is 1400. The lowest BCUT2D eigenvalue weighted by Crippen LogP contribution is -2.57. The van der Waals surface area contributed by atoms with Crippen LogP contribution in [0.2, 0.25) is 0 Å². The molecule has 244 valence electrons. The number of hydrogen-bond acceptors (Lipinski definition) is 7. The predicted octanol–water partition coefficient (Wildman–Crippen LogP) is 3.59. The predicted molar refractivity (Wildman–Crippen MR) is 151 cm³/mol. The van der Waals surface area contributed by atoms with E-state index in [0.717, 1.165) is 31.4 Å². The molecule has 2 aromatic carbocycles. The lowest BCUT2D eigenvalue weighted by atomic mass is 9.98. The van der Waals surface area contributed by atoms with Gasteiger partial charge in [-0.05, 0) is 61.1 Å². The number of methoxy groups -OCH3 is 1. The standard InChI is InChI=1S/C29H36F5N3O6S/c1-3-4-10-44(41,42)17-24(37-27(40)43-2)26(39)36-23(13-18-11-21(30)15-22(31)12-18)25(38)16-35-28(8-9-28)19-6-5-7-20(14-19)29(32,33)34/h5-7,11-12,14-15,23-25,35,38H,3-4,8-10,13,16-17H2,1-2H3,(H,36,39)(H,37,40)/t23?,24-,25?/m1/s1. The van der Waals surface area contributed by atoms with Crippen molar-refractivity contribution in [3.8, 4) is 0 Å². The molecule has 3 atom stereocenters. The highest BCUT2D eigenvalue weighted by atomic mass is 32.2. The van der Waals surface area contributed by atoms with Crippen LogP contribution in [0.5, 0.6) is 0 Å². The lowest BCUT2D eigenvalue weighted by molar-refractivity contribution is -0.137. The number of rotatable bonds is 15. The summed E-state index contributed by atoms with van der Waals surface area (Å²) >= 11 is 0. The number of benzene rings is 2. The summed E-state index contributed by atoms with van der Waals surface area (Å²) in [4.78, 5) is 25.3. The minimum absolute atomic E-state index is 0.0545.